The van der Waals surface area contributed by atoms with Crippen LogP contribution in [0.1, 0.15) is 12.8 Å². The maximum Gasteiger partial charge on any atom is 0.319 e. The van der Waals surface area contributed by atoms with Crippen LogP contribution in [0.2, 0.25) is 0 Å². The molecule has 3 amide bonds. The first kappa shape index (κ1) is 30.7. The molecule has 9 heteroatoms. The Morgan fingerprint density at radius 1 is 0.791 bits per heavy atom. The molecule has 0 aromatic heterocycles. The molecule has 2 fully saturated rings. The lowest BCUT2D eigenvalue weighted by molar-refractivity contribution is -0.120. The van der Waals surface area contributed by atoms with E-state index in [1.165, 1.54) is 0 Å². The second-order valence-corrected chi connectivity index (χ2v) is 11.6. The molecular weight excluding hydrogens is 540 g/mol. The summed E-state index contributed by atoms with van der Waals surface area (Å²) in [4.78, 5) is 34.0. The number of likely N-dealkylation sites (N-methyl/N-ethyl adjacent to an activating group) is 1. The number of likely N-dealkylation sites (tertiary alicyclic amines) is 1. The summed E-state index contributed by atoms with van der Waals surface area (Å²) in [5.41, 5.74) is 3.75. The number of piperazine rings is 1. The predicted octanol–water partition coefficient (Wildman–Crippen LogP) is 3.58. The summed E-state index contributed by atoms with van der Waals surface area (Å²) in [7, 11) is 1.82. The minimum Gasteiger partial charge on any atom is -0.390 e. The number of β-amino-alcohol motifs (C(OH)–C–C–N with tert-alkyl or cyclic N) is 1. The number of aliphatic hydroxyl groups excluding tert-OH is 1. The number of carbonyl (C=O) groups is 2. The number of benzene rings is 3. The molecule has 0 saturated carbocycles. The van der Waals surface area contributed by atoms with Crippen molar-refractivity contribution in [1.29, 1.82) is 0 Å². The van der Waals surface area contributed by atoms with E-state index in [9.17, 15) is 14.7 Å². The summed E-state index contributed by atoms with van der Waals surface area (Å²) < 4.78 is 0. The number of nitrogens with zero attached hydrogens (tertiary/aromatic N) is 4. The molecule has 2 aliphatic rings. The normalized spacial score (nSPS) is 17.7. The smallest absolute Gasteiger partial charge is 0.319 e. The van der Waals surface area contributed by atoms with Gasteiger partial charge in [-0.1, -0.05) is 66.7 Å². The molecule has 3 aromatic carbocycles. The fourth-order valence-electron chi connectivity index (χ4n) is 5.94. The molecule has 228 valence electrons. The summed E-state index contributed by atoms with van der Waals surface area (Å²) in [5.74, 6) is 0.0899. The van der Waals surface area contributed by atoms with Gasteiger partial charge in [-0.05, 0) is 36.6 Å². The van der Waals surface area contributed by atoms with Gasteiger partial charge in [0.05, 0.1) is 18.3 Å². The third-order valence-corrected chi connectivity index (χ3v) is 8.46. The standard InChI is InChI=1S/C34H44N6O3/c1-37(29-12-6-3-7-13-29)33(42)26-40-22-20-39(21-23-40)25-30(41)24-38-18-16-28(17-19-38)35-34(43)36-32-15-9-8-14-31(32)27-10-4-2-5-11-27/h2-15,28,30,41H,16-26H2,1H3,(H2,35,36,43). The predicted molar refractivity (Wildman–Crippen MR) is 172 cm³/mol. The first-order valence-corrected chi connectivity index (χ1v) is 15.3. The molecule has 0 aliphatic carbocycles. The average Bonchev–Trinajstić information content (AvgIpc) is 3.03. The maximum absolute atomic E-state index is 12.8. The third kappa shape index (κ3) is 8.87. The molecule has 3 aromatic rings. The second-order valence-electron chi connectivity index (χ2n) is 11.6. The van der Waals surface area contributed by atoms with Crippen LogP contribution >= 0.6 is 0 Å². The van der Waals surface area contributed by atoms with Crippen molar-refractivity contribution >= 4 is 23.3 Å². The van der Waals surface area contributed by atoms with Gasteiger partial charge in [-0.3, -0.25) is 14.6 Å². The molecule has 0 bridgehead atoms. The molecule has 5 rings (SSSR count). The highest BCUT2D eigenvalue weighted by Gasteiger charge is 2.25. The van der Waals surface area contributed by atoms with E-state index in [0.29, 0.717) is 19.6 Å². The van der Waals surface area contributed by atoms with Crippen LogP contribution < -0.4 is 15.5 Å². The highest BCUT2D eigenvalue weighted by molar-refractivity contribution is 5.95. The largest absolute Gasteiger partial charge is 0.390 e. The highest BCUT2D eigenvalue weighted by atomic mass is 16.3. The van der Waals surface area contributed by atoms with Gasteiger partial charge in [0.1, 0.15) is 0 Å². The van der Waals surface area contributed by atoms with Gasteiger partial charge in [-0.15, -0.1) is 0 Å². The number of aliphatic hydroxyl groups is 1. The zero-order valence-electron chi connectivity index (χ0n) is 25.1. The third-order valence-electron chi connectivity index (χ3n) is 8.46. The lowest BCUT2D eigenvalue weighted by atomic mass is 10.0. The van der Waals surface area contributed by atoms with Gasteiger partial charge < -0.3 is 25.5 Å². The number of urea groups is 1. The van der Waals surface area contributed by atoms with E-state index in [4.69, 9.17) is 0 Å². The summed E-state index contributed by atoms with van der Waals surface area (Å²) in [6, 6.07) is 27.5. The first-order valence-electron chi connectivity index (χ1n) is 15.3. The number of amides is 3. The van der Waals surface area contributed by atoms with Crippen molar-refractivity contribution < 1.29 is 14.7 Å². The molecule has 1 atom stereocenters. The van der Waals surface area contributed by atoms with Crippen molar-refractivity contribution in [2.75, 3.05) is 76.2 Å². The first-order chi connectivity index (χ1) is 20.9. The van der Waals surface area contributed by atoms with Crippen molar-refractivity contribution in [3.05, 3.63) is 84.9 Å². The Hall–Kier alpha value is -3.76. The molecule has 2 heterocycles. The van der Waals surface area contributed by atoms with Gasteiger partial charge >= 0.3 is 6.03 Å². The Balaban J connectivity index is 0.982. The Labute approximate surface area is 255 Å². The monoisotopic (exact) mass is 584 g/mol. The molecule has 0 spiro atoms. The molecule has 1 unspecified atom stereocenters. The molecular formula is C34H44N6O3. The van der Waals surface area contributed by atoms with Crippen LogP contribution in [0.4, 0.5) is 16.2 Å². The van der Waals surface area contributed by atoms with E-state index in [2.05, 4.69) is 25.3 Å². The summed E-state index contributed by atoms with van der Waals surface area (Å²) >= 11 is 0. The zero-order valence-corrected chi connectivity index (χ0v) is 25.1. The van der Waals surface area contributed by atoms with E-state index in [0.717, 1.165) is 74.6 Å². The van der Waals surface area contributed by atoms with Crippen LogP contribution in [-0.2, 0) is 4.79 Å². The van der Waals surface area contributed by atoms with Crippen LogP contribution in [0.15, 0.2) is 84.9 Å². The van der Waals surface area contributed by atoms with Crippen LogP contribution in [-0.4, -0.2) is 110 Å². The number of para-hydroxylation sites is 2. The molecule has 0 radical (unpaired) electrons. The van der Waals surface area contributed by atoms with Crippen LogP contribution in [0.3, 0.4) is 0 Å². The fourth-order valence-corrected chi connectivity index (χ4v) is 5.94. The van der Waals surface area contributed by atoms with Crippen molar-refractivity contribution in [3.8, 4) is 11.1 Å². The number of anilines is 2. The highest BCUT2D eigenvalue weighted by Crippen LogP contribution is 2.27. The van der Waals surface area contributed by atoms with Crippen molar-refractivity contribution in [2.24, 2.45) is 0 Å². The minimum absolute atomic E-state index is 0.0899. The van der Waals surface area contributed by atoms with E-state index >= 15 is 0 Å². The Kier molecular flexibility index (Phi) is 10.8. The number of piperidine rings is 1. The maximum atomic E-state index is 12.8. The van der Waals surface area contributed by atoms with Gasteiger partial charge in [0.15, 0.2) is 0 Å². The number of hydrogen-bond acceptors (Lipinski definition) is 6. The van der Waals surface area contributed by atoms with E-state index in [-0.39, 0.29) is 18.0 Å². The topological polar surface area (TPSA) is 91.4 Å². The molecule has 43 heavy (non-hydrogen) atoms. The Bertz CT molecular complexity index is 1310. The van der Waals surface area contributed by atoms with Crippen molar-refractivity contribution in [3.63, 3.8) is 0 Å². The summed E-state index contributed by atoms with van der Waals surface area (Å²) in [5, 5.41) is 17.0. The van der Waals surface area contributed by atoms with Crippen molar-refractivity contribution in [2.45, 2.75) is 25.0 Å². The van der Waals surface area contributed by atoms with E-state index in [1.807, 2.05) is 92.0 Å². The van der Waals surface area contributed by atoms with Crippen molar-refractivity contribution in [1.82, 2.24) is 20.0 Å². The number of rotatable bonds is 10. The molecule has 3 N–H and O–H groups in total. The zero-order chi connectivity index (χ0) is 30.0. The van der Waals surface area contributed by atoms with Gasteiger partial charge in [0.2, 0.25) is 5.91 Å². The van der Waals surface area contributed by atoms with Crippen LogP contribution in [0, 0.1) is 0 Å². The SMILES string of the molecule is CN(C(=O)CN1CCN(CC(O)CN2CCC(NC(=O)Nc3ccccc3-c3ccccc3)CC2)CC1)c1ccccc1. The van der Waals surface area contributed by atoms with E-state index < -0.39 is 6.10 Å². The number of carbonyl (C=O) groups excluding carboxylic acids is 2. The Morgan fingerprint density at radius 2 is 1.35 bits per heavy atom. The van der Waals surface area contributed by atoms with Crippen LogP contribution in [0.5, 0.6) is 0 Å². The van der Waals surface area contributed by atoms with Gasteiger partial charge in [0.25, 0.3) is 0 Å². The van der Waals surface area contributed by atoms with Gasteiger partial charge in [0, 0.05) is 76.7 Å². The lowest BCUT2D eigenvalue weighted by Crippen LogP contribution is -2.53. The summed E-state index contributed by atoms with van der Waals surface area (Å²) in [6.45, 7) is 6.66. The minimum atomic E-state index is -0.431. The van der Waals surface area contributed by atoms with Gasteiger partial charge in [-0.25, -0.2) is 4.79 Å². The quantitative estimate of drug-likeness (QED) is 0.338. The van der Waals surface area contributed by atoms with E-state index in [1.54, 1.807) is 4.90 Å². The number of nitrogens with one attached hydrogen (secondary N) is 2. The molecule has 9 nitrogen and oxygen atoms in total. The second kappa shape index (κ2) is 15.1. The summed E-state index contributed by atoms with van der Waals surface area (Å²) in [6.07, 6.45) is 1.27. The fraction of sp³-hybridized carbons (Fsp3) is 0.412. The van der Waals surface area contributed by atoms with Gasteiger partial charge in [-0.2, -0.15) is 0 Å². The van der Waals surface area contributed by atoms with Crippen LogP contribution in [0.25, 0.3) is 11.1 Å². The number of hydrogen-bond donors (Lipinski definition) is 3. The molecule has 2 saturated heterocycles. The average molecular weight is 585 g/mol. The lowest BCUT2D eigenvalue weighted by Gasteiger charge is -2.37. The molecule has 2 aliphatic heterocycles. The Morgan fingerprint density at radius 3 is 2.02 bits per heavy atom.